The number of methoxy groups -OCH3 is 1. The first-order chi connectivity index (χ1) is 16.1. The number of esters is 1. The first-order valence-electron chi connectivity index (χ1n) is 12.0. The molecule has 1 amide bonds. The summed E-state index contributed by atoms with van der Waals surface area (Å²) in [5.41, 5.74) is 4.11. The van der Waals surface area contributed by atoms with Crippen molar-refractivity contribution in [3.8, 4) is 5.75 Å². The molecule has 1 aliphatic heterocycles. The number of carbonyl (C=O) groups is 2. The minimum atomic E-state index is -0.319. The van der Waals surface area contributed by atoms with E-state index >= 15 is 0 Å². The molecule has 0 atom stereocenters. The second-order valence-corrected chi connectivity index (χ2v) is 10.1. The predicted octanol–water partition coefficient (Wildman–Crippen LogP) is 4.70. The van der Waals surface area contributed by atoms with Crippen molar-refractivity contribution in [3.63, 3.8) is 0 Å². The number of fused-ring (bicyclic) bond motifs is 3. The Morgan fingerprint density at radius 1 is 1.09 bits per heavy atom. The number of carbonyl (C=O) groups excluding carboxylic acids is 2. The average molecular weight is 467 g/mol. The van der Waals surface area contributed by atoms with Crippen LogP contribution in [-0.2, 0) is 27.2 Å². The van der Waals surface area contributed by atoms with Gasteiger partial charge < -0.3 is 9.47 Å². The lowest BCUT2D eigenvalue weighted by Gasteiger charge is -2.24. The fourth-order valence-corrected chi connectivity index (χ4v) is 6.50. The Balaban J connectivity index is 1.49. The summed E-state index contributed by atoms with van der Waals surface area (Å²) < 4.78 is 11.1. The van der Waals surface area contributed by atoms with Gasteiger partial charge in [0.1, 0.15) is 29.9 Å². The third-order valence-corrected chi connectivity index (χ3v) is 8.12. The van der Waals surface area contributed by atoms with Crippen LogP contribution < -0.4 is 9.64 Å². The number of rotatable bonds is 5. The lowest BCUT2D eigenvalue weighted by atomic mass is 9.91. The zero-order valence-electron chi connectivity index (χ0n) is 19.1. The van der Waals surface area contributed by atoms with E-state index in [0.717, 1.165) is 79.0 Å². The monoisotopic (exact) mass is 466 g/mol. The standard InChI is InChI=1S/C26H30N2O4S/c1-31-18-13-11-17(12-14-18)25-24-20-9-5-6-10-21(20)33-26(24)28(22(29)15-27-25)16-23(30)32-19-7-3-2-4-8-19/h11-14,19H,2-10,15-16H2,1H3. The molecule has 0 saturated heterocycles. The van der Waals surface area contributed by atoms with Crippen molar-refractivity contribution in [2.75, 3.05) is 25.1 Å². The molecule has 2 aromatic rings. The first kappa shape index (κ1) is 22.1. The molecule has 0 spiro atoms. The van der Waals surface area contributed by atoms with Gasteiger partial charge in [-0.3, -0.25) is 19.5 Å². The van der Waals surface area contributed by atoms with E-state index in [1.54, 1.807) is 23.3 Å². The van der Waals surface area contributed by atoms with Crippen LogP contribution in [0.2, 0.25) is 0 Å². The van der Waals surface area contributed by atoms with Crippen molar-refractivity contribution in [1.82, 2.24) is 0 Å². The quantitative estimate of drug-likeness (QED) is 0.599. The van der Waals surface area contributed by atoms with Crippen LogP contribution in [0.4, 0.5) is 5.00 Å². The topological polar surface area (TPSA) is 68.2 Å². The number of ether oxygens (including phenoxy) is 2. The first-order valence-corrected chi connectivity index (χ1v) is 12.8. The predicted molar refractivity (Wildman–Crippen MR) is 130 cm³/mol. The summed E-state index contributed by atoms with van der Waals surface area (Å²) >= 11 is 1.65. The van der Waals surface area contributed by atoms with Crippen LogP contribution in [0.15, 0.2) is 29.3 Å². The lowest BCUT2D eigenvalue weighted by Crippen LogP contribution is -2.38. The van der Waals surface area contributed by atoms with E-state index in [0.29, 0.717) is 0 Å². The number of hydrogen-bond acceptors (Lipinski definition) is 6. The third kappa shape index (κ3) is 4.56. The lowest BCUT2D eigenvalue weighted by molar-refractivity contribution is -0.149. The molecule has 0 N–H and O–H groups in total. The molecular weight excluding hydrogens is 436 g/mol. The second kappa shape index (κ2) is 9.67. The summed E-state index contributed by atoms with van der Waals surface area (Å²) in [5.74, 6) is 0.308. The fourth-order valence-electron chi connectivity index (χ4n) is 5.09. The Labute approximate surface area is 198 Å². The Hall–Kier alpha value is -2.67. The summed E-state index contributed by atoms with van der Waals surface area (Å²) in [6.07, 6.45) is 9.49. The van der Waals surface area contributed by atoms with Gasteiger partial charge in [-0.15, -0.1) is 11.3 Å². The molecule has 2 aliphatic carbocycles. The van der Waals surface area contributed by atoms with Crippen LogP contribution in [0, 0.1) is 0 Å². The second-order valence-electron chi connectivity index (χ2n) is 9.01. The van der Waals surface area contributed by atoms with Crippen LogP contribution in [0.25, 0.3) is 0 Å². The highest BCUT2D eigenvalue weighted by Gasteiger charge is 2.34. The van der Waals surface area contributed by atoms with E-state index in [4.69, 9.17) is 14.5 Å². The minimum Gasteiger partial charge on any atom is -0.497 e. The zero-order chi connectivity index (χ0) is 22.8. The van der Waals surface area contributed by atoms with Crippen LogP contribution in [0.3, 0.4) is 0 Å². The molecule has 6 nitrogen and oxygen atoms in total. The van der Waals surface area contributed by atoms with Gasteiger partial charge in [-0.25, -0.2) is 0 Å². The smallest absolute Gasteiger partial charge is 0.326 e. The van der Waals surface area contributed by atoms with Crippen LogP contribution in [0.5, 0.6) is 5.75 Å². The summed E-state index contributed by atoms with van der Waals surface area (Å²) in [7, 11) is 1.65. The SMILES string of the molecule is COc1ccc(C2=NCC(=O)N(CC(=O)OC3CCCCC3)c3sc4c(c32)CCCC4)cc1. The van der Waals surface area contributed by atoms with Gasteiger partial charge >= 0.3 is 5.97 Å². The average Bonchev–Trinajstić information content (AvgIpc) is 3.16. The highest BCUT2D eigenvalue weighted by molar-refractivity contribution is 7.17. The van der Waals surface area contributed by atoms with Gasteiger partial charge in [-0.1, -0.05) is 6.42 Å². The number of hydrogen-bond donors (Lipinski definition) is 0. The Kier molecular flexibility index (Phi) is 6.49. The summed E-state index contributed by atoms with van der Waals surface area (Å²) in [4.78, 5) is 33.7. The summed E-state index contributed by atoms with van der Waals surface area (Å²) in [5, 5.41) is 0.847. The molecule has 33 heavy (non-hydrogen) atoms. The van der Waals surface area contributed by atoms with E-state index in [9.17, 15) is 9.59 Å². The summed E-state index contributed by atoms with van der Waals surface area (Å²) in [6, 6.07) is 7.82. The number of amides is 1. The number of thiophene rings is 1. The molecule has 3 aliphatic rings. The van der Waals surface area contributed by atoms with E-state index in [2.05, 4.69) is 0 Å². The highest BCUT2D eigenvalue weighted by Crippen LogP contribution is 2.42. The number of benzene rings is 1. The van der Waals surface area contributed by atoms with Gasteiger partial charge in [0.25, 0.3) is 0 Å². The molecule has 0 bridgehead atoms. The normalized spacial score (nSPS) is 18.8. The maximum absolute atomic E-state index is 13.2. The van der Waals surface area contributed by atoms with Crippen molar-refractivity contribution in [3.05, 3.63) is 45.8 Å². The van der Waals surface area contributed by atoms with E-state index in [1.165, 1.54) is 16.9 Å². The molecule has 1 fully saturated rings. The van der Waals surface area contributed by atoms with Gasteiger partial charge in [0.2, 0.25) is 5.91 Å². The van der Waals surface area contributed by atoms with Crippen molar-refractivity contribution in [2.24, 2.45) is 4.99 Å². The van der Waals surface area contributed by atoms with Gasteiger partial charge in [0, 0.05) is 16.0 Å². The highest BCUT2D eigenvalue weighted by atomic mass is 32.1. The van der Waals surface area contributed by atoms with E-state index < -0.39 is 0 Å². The molecule has 0 radical (unpaired) electrons. The third-order valence-electron chi connectivity index (χ3n) is 6.81. The number of anilines is 1. The molecule has 174 valence electrons. The van der Waals surface area contributed by atoms with Crippen molar-refractivity contribution >= 4 is 33.9 Å². The molecule has 1 saturated carbocycles. The largest absolute Gasteiger partial charge is 0.497 e. The van der Waals surface area contributed by atoms with Crippen molar-refractivity contribution in [1.29, 1.82) is 0 Å². The Bertz CT molecular complexity index is 1070. The summed E-state index contributed by atoms with van der Waals surface area (Å²) in [6.45, 7) is -0.0264. The maximum atomic E-state index is 13.2. The van der Waals surface area contributed by atoms with Crippen LogP contribution >= 0.6 is 11.3 Å². The van der Waals surface area contributed by atoms with Gasteiger partial charge in [-0.05, 0) is 81.2 Å². The Morgan fingerprint density at radius 3 is 2.61 bits per heavy atom. The molecule has 0 unspecified atom stereocenters. The fraction of sp³-hybridized carbons (Fsp3) is 0.500. The molecule has 2 heterocycles. The molecule has 7 heteroatoms. The van der Waals surface area contributed by atoms with Crippen LogP contribution in [0.1, 0.15) is 66.5 Å². The van der Waals surface area contributed by atoms with Crippen LogP contribution in [-0.4, -0.2) is 43.9 Å². The molecule has 1 aromatic heterocycles. The van der Waals surface area contributed by atoms with Crippen molar-refractivity contribution in [2.45, 2.75) is 63.9 Å². The van der Waals surface area contributed by atoms with E-state index in [-0.39, 0.29) is 31.1 Å². The zero-order valence-corrected chi connectivity index (χ0v) is 19.9. The maximum Gasteiger partial charge on any atom is 0.326 e. The van der Waals surface area contributed by atoms with Crippen molar-refractivity contribution < 1.29 is 19.1 Å². The number of aliphatic imine (C=N–C) groups is 1. The van der Waals surface area contributed by atoms with Gasteiger partial charge in [-0.2, -0.15) is 0 Å². The van der Waals surface area contributed by atoms with Gasteiger partial charge in [0.05, 0.1) is 12.8 Å². The van der Waals surface area contributed by atoms with Gasteiger partial charge in [0.15, 0.2) is 0 Å². The molecule has 5 rings (SSSR count). The molecular formula is C26H30N2O4S. The number of nitrogens with zero attached hydrogens (tertiary/aromatic N) is 2. The Morgan fingerprint density at radius 2 is 1.85 bits per heavy atom. The van der Waals surface area contributed by atoms with E-state index in [1.807, 2.05) is 24.3 Å². The minimum absolute atomic E-state index is 0.0181. The molecule has 1 aromatic carbocycles. The number of aryl methyl sites for hydroxylation is 1.